The third-order valence-electron chi connectivity index (χ3n) is 4.25. The van der Waals surface area contributed by atoms with Crippen LogP contribution in [-0.4, -0.2) is 65.0 Å². The second-order valence-electron chi connectivity index (χ2n) is 5.49. The van der Waals surface area contributed by atoms with Gasteiger partial charge in [-0.1, -0.05) is 18.2 Å². The van der Waals surface area contributed by atoms with Gasteiger partial charge in [-0.3, -0.25) is 4.90 Å². The first-order valence-electron chi connectivity index (χ1n) is 7.28. The molecule has 114 valence electrons. The number of hydrogen-bond donors (Lipinski definition) is 2. The summed E-state index contributed by atoms with van der Waals surface area (Å²) >= 11 is 0. The molecule has 1 amide bonds. The minimum absolute atomic E-state index is 0.125. The summed E-state index contributed by atoms with van der Waals surface area (Å²) in [6.07, 6.45) is -0.789. The molecule has 6 nitrogen and oxygen atoms in total. The van der Waals surface area contributed by atoms with Crippen LogP contribution < -0.4 is 4.74 Å². The molecule has 2 aliphatic rings. The number of carboxylic acid groups (broad SMARTS) is 1. The average Bonchev–Trinajstić information content (AvgIpc) is 2.65. The van der Waals surface area contributed by atoms with Gasteiger partial charge in [-0.15, -0.1) is 0 Å². The Bertz CT molecular complexity index is 514. The molecular weight excluding hydrogens is 272 g/mol. The van der Waals surface area contributed by atoms with Crippen molar-refractivity contribution in [3.8, 4) is 5.75 Å². The van der Waals surface area contributed by atoms with Gasteiger partial charge in [0.25, 0.3) is 0 Å². The Morgan fingerprint density at radius 3 is 2.62 bits per heavy atom. The van der Waals surface area contributed by atoms with Crippen molar-refractivity contribution in [1.82, 2.24) is 9.80 Å². The van der Waals surface area contributed by atoms with E-state index in [4.69, 9.17) is 9.84 Å². The minimum Gasteiger partial charge on any atom is -0.493 e. The summed E-state index contributed by atoms with van der Waals surface area (Å²) in [6.45, 7) is 2.71. The lowest BCUT2D eigenvalue weighted by molar-refractivity contribution is 0.0166. The van der Waals surface area contributed by atoms with Crippen LogP contribution in [0.15, 0.2) is 24.3 Å². The van der Waals surface area contributed by atoms with Crippen molar-refractivity contribution >= 4 is 6.09 Å². The molecule has 1 saturated heterocycles. The monoisotopic (exact) mass is 292 g/mol. The molecule has 6 heteroatoms. The molecule has 2 unspecified atom stereocenters. The van der Waals surface area contributed by atoms with E-state index in [1.54, 1.807) is 0 Å². The van der Waals surface area contributed by atoms with Crippen LogP contribution in [0.5, 0.6) is 5.75 Å². The molecule has 0 spiro atoms. The van der Waals surface area contributed by atoms with Crippen LogP contribution in [0, 0.1) is 0 Å². The van der Waals surface area contributed by atoms with Crippen molar-refractivity contribution in [3.63, 3.8) is 0 Å². The SMILES string of the molecule is O=C(O)N1CCN(C2c3ccccc3OCCC2O)CC1. The van der Waals surface area contributed by atoms with Crippen molar-refractivity contribution in [2.45, 2.75) is 18.6 Å². The summed E-state index contributed by atoms with van der Waals surface area (Å²) in [5.41, 5.74) is 0.992. The fraction of sp³-hybridized carbons (Fsp3) is 0.533. The minimum atomic E-state index is -0.875. The first-order valence-corrected chi connectivity index (χ1v) is 7.28. The highest BCUT2D eigenvalue weighted by atomic mass is 16.5. The van der Waals surface area contributed by atoms with Crippen LogP contribution in [0.25, 0.3) is 0 Å². The summed E-state index contributed by atoms with van der Waals surface area (Å²) in [5, 5.41) is 19.5. The Morgan fingerprint density at radius 2 is 1.90 bits per heavy atom. The topological polar surface area (TPSA) is 73.2 Å². The number of ether oxygens (including phenoxy) is 1. The largest absolute Gasteiger partial charge is 0.493 e. The first kappa shape index (κ1) is 14.2. The third kappa shape index (κ3) is 2.82. The molecule has 0 bridgehead atoms. The number of aliphatic hydroxyl groups excluding tert-OH is 1. The van der Waals surface area contributed by atoms with E-state index in [2.05, 4.69) is 4.90 Å². The molecule has 2 heterocycles. The van der Waals surface area contributed by atoms with Gasteiger partial charge in [-0.2, -0.15) is 0 Å². The molecule has 1 aromatic rings. The van der Waals surface area contributed by atoms with Gasteiger partial charge in [0.15, 0.2) is 0 Å². The Balaban J connectivity index is 1.82. The number of fused-ring (bicyclic) bond motifs is 1. The smallest absolute Gasteiger partial charge is 0.407 e. The quantitative estimate of drug-likeness (QED) is 0.813. The number of carbonyl (C=O) groups is 1. The van der Waals surface area contributed by atoms with Gasteiger partial charge >= 0.3 is 6.09 Å². The van der Waals surface area contributed by atoms with Crippen LogP contribution in [0.1, 0.15) is 18.0 Å². The zero-order chi connectivity index (χ0) is 14.8. The van der Waals surface area contributed by atoms with Crippen molar-refractivity contribution in [2.24, 2.45) is 0 Å². The van der Waals surface area contributed by atoms with Crippen LogP contribution in [0.3, 0.4) is 0 Å². The Hall–Kier alpha value is -1.79. The molecule has 21 heavy (non-hydrogen) atoms. The van der Waals surface area contributed by atoms with Crippen molar-refractivity contribution in [2.75, 3.05) is 32.8 Å². The highest BCUT2D eigenvalue weighted by Crippen LogP contribution is 2.36. The zero-order valence-corrected chi connectivity index (χ0v) is 11.8. The maximum Gasteiger partial charge on any atom is 0.407 e. The predicted molar refractivity (Wildman–Crippen MR) is 76.5 cm³/mol. The molecule has 0 aromatic heterocycles. The number of nitrogens with zero attached hydrogens (tertiary/aromatic N) is 2. The number of amides is 1. The summed E-state index contributed by atoms with van der Waals surface area (Å²) in [7, 11) is 0. The van der Waals surface area contributed by atoms with Gasteiger partial charge in [-0.05, 0) is 6.07 Å². The van der Waals surface area contributed by atoms with E-state index in [0.717, 1.165) is 11.3 Å². The highest BCUT2D eigenvalue weighted by Gasteiger charge is 2.34. The summed E-state index contributed by atoms with van der Waals surface area (Å²) in [5.74, 6) is 0.819. The number of piperazine rings is 1. The van der Waals surface area contributed by atoms with Crippen molar-refractivity contribution in [3.05, 3.63) is 29.8 Å². The maximum absolute atomic E-state index is 11.0. The third-order valence-corrected chi connectivity index (χ3v) is 4.25. The normalized spacial score (nSPS) is 26.6. The summed E-state index contributed by atoms with van der Waals surface area (Å²) in [6, 6.07) is 7.66. The number of benzene rings is 1. The molecule has 2 atom stereocenters. The molecule has 3 rings (SSSR count). The number of rotatable bonds is 1. The molecular formula is C15H20N2O4. The van der Waals surface area contributed by atoms with Crippen LogP contribution in [0.2, 0.25) is 0 Å². The second-order valence-corrected chi connectivity index (χ2v) is 5.49. The van der Waals surface area contributed by atoms with Crippen molar-refractivity contribution < 1.29 is 19.7 Å². The lowest BCUT2D eigenvalue weighted by Crippen LogP contribution is -2.51. The van der Waals surface area contributed by atoms with E-state index in [9.17, 15) is 9.90 Å². The Morgan fingerprint density at radius 1 is 1.19 bits per heavy atom. The van der Waals surface area contributed by atoms with Crippen LogP contribution >= 0.6 is 0 Å². The van der Waals surface area contributed by atoms with E-state index in [1.807, 2.05) is 24.3 Å². The number of hydrogen-bond acceptors (Lipinski definition) is 4. The predicted octanol–water partition coefficient (Wildman–Crippen LogP) is 1.17. The molecule has 0 aliphatic carbocycles. The average molecular weight is 292 g/mol. The Labute approximate surface area is 123 Å². The first-order chi connectivity index (χ1) is 10.2. The molecule has 1 aromatic carbocycles. The maximum atomic E-state index is 11.0. The van der Waals surface area contributed by atoms with E-state index >= 15 is 0 Å². The van der Waals surface area contributed by atoms with Crippen molar-refractivity contribution in [1.29, 1.82) is 0 Å². The molecule has 0 radical (unpaired) electrons. The van der Waals surface area contributed by atoms with Gasteiger partial charge in [-0.25, -0.2) is 4.79 Å². The van der Waals surface area contributed by atoms with Crippen LogP contribution in [0.4, 0.5) is 4.79 Å². The summed E-state index contributed by atoms with van der Waals surface area (Å²) in [4.78, 5) is 14.6. The van der Waals surface area contributed by atoms with Gasteiger partial charge in [0.2, 0.25) is 0 Å². The van der Waals surface area contributed by atoms with E-state index < -0.39 is 12.2 Å². The fourth-order valence-corrected chi connectivity index (χ4v) is 3.14. The van der Waals surface area contributed by atoms with E-state index in [-0.39, 0.29) is 6.04 Å². The molecule has 0 saturated carbocycles. The summed E-state index contributed by atoms with van der Waals surface area (Å²) < 4.78 is 5.71. The van der Waals surface area contributed by atoms with Gasteiger partial charge in [0.1, 0.15) is 5.75 Å². The molecule has 2 aliphatic heterocycles. The Kier molecular flexibility index (Phi) is 3.98. The lowest BCUT2D eigenvalue weighted by atomic mass is 9.97. The number of aliphatic hydroxyl groups is 1. The fourth-order valence-electron chi connectivity index (χ4n) is 3.14. The second kappa shape index (κ2) is 5.91. The van der Waals surface area contributed by atoms with Gasteiger partial charge < -0.3 is 19.8 Å². The molecule has 2 N–H and O–H groups in total. The van der Waals surface area contributed by atoms with Gasteiger partial charge in [0.05, 0.1) is 18.8 Å². The molecule has 1 fully saturated rings. The lowest BCUT2D eigenvalue weighted by Gasteiger charge is -2.39. The number of para-hydroxylation sites is 1. The standard InChI is InChI=1S/C15H20N2O4/c18-12-5-10-21-13-4-2-1-3-11(13)14(12)16-6-8-17(9-7-16)15(19)20/h1-4,12,14,18H,5-10H2,(H,19,20). The van der Waals surface area contributed by atoms with E-state index in [1.165, 1.54) is 4.90 Å². The van der Waals surface area contributed by atoms with Crippen LogP contribution in [-0.2, 0) is 0 Å². The highest BCUT2D eigenvalue weighted by molar-refractivity contribution is 5.65. The van der Waals surface area contributed by atoms with Gasteiger partial charge in [0, 0.05) is 38.2 Å². The zero-order valence-electron chi connectivity index (χ0n) is 11.8. The van der Waals surface area contributed by atoms with E-state index in [0.29, 0.717) is 39.2 Å².